The van der Waals surface area contributed by atoms with Crippen molar-refractivity contribution < 1.29 is 19.5 Å². The number of nitrogens with two attached hydrogens (primary N) is 1. The van der Waals surface area contributed by atoms with Crippen LogP contribution in [-0.4, -0.2) is 36.2 Å². The van der Waals surface area contributed by atoms with Crippen LogP contribution in [-0.2, 0) is 0 Å². The highest BCUT2D eigenvalue weighted by atomic mass is 16.6. The Morgan fingerprint density at radius 2 is 2.25 bits per heavy atom. The zero-order chi connectivity index (χ0) is 14.5. The Balaban J connectivity index is 2.21. The fourth-order valence-electron chi connectivity index (χ4n) is 1.94. The fraction of sp³-hybridized carbons (Fsp3) is 0.385. The van der Waals surface area contributed by atoms with E-state index in [9.17, 15) is 4.79 Å². The third kappa shape index (κ3) is 2.76. The minimum atomic E-state index is -0.534. The molecule has 0 bridgehead atoms. The first-order valence-corrected chi connectivity index (χ1v) is 6.34. The number of rotatable bonds is 4. The third-order valence-electron chi connectivity index (χ3n) is 3.00. The summed E-state index contributed by atoms with van der Waals surface area (Å²) in [7, 11) is 0. The van der Waals surface area contributed by atoms with Crippen molar-refractivity contribution in [2.24, 2.45) is 10.9 Å². The van der Waals surface area contributed by atoms with Crippen LogP contribution in [0.15, 0.2) is 23.4 Å². The van der Waals surface area contributed by atoms with Gasteiger partial charge in [-0.3, -0.25) is 4.79 Å². The van der Waals surface area contributed by atoms with E-state index in [1.54, 1.807) is 18.2 Å². The lowest BCUT2D eigenvalue weighted by atomic mass is 10.1. The van der Waals surface area contributed by atoms with Gasteiger partial charge in [-0.1, -0.05) is 18.1 Å². The Hall–Kier alpha value is -2.44. The smallest absolute Gasteiger partial charge is 0.255 e. The molecule has 0 fully saturated rings. The molecule has 1 aromatic carbocycles. The number of nitrogens with zero attached hydrogens (tertiary/aromatic N) is 1. The molecule has 1 unspecified atom stereocenters. The van der Waals surface area contributed by atoms with E-state index in [-0.39, 0.29) is 11.7 Å². The van der Waals surface area contributed by atoms with Gasteiger partial charge in [0.15, 0.2) is 17.3 Å². The van der Waals surface area contributed by atoms with Gasteiger partial charge in [-0.15, -0.1) is 0 Å². The number of nitrogens with one attached hydrogen (secondary N) is 1. The van der Waals surface area contributed by atoms with Crippen molar-refractivity contribution in [1.82, 2.24) is 5.32 Å². The predicted molar refractivity (Wildman–Crippen MR) is 72.4 cm³/mol. The maximum absolute atomic E-state index is 12.3. The highest BCUT2D eigenvalue weighted by Gasteiger charge is 2.23. The summed E-state index contributed by atoms with van der Waals surface area (Å²) in [5.41, 5.74) is 5.89. The van der Waals surface area contributed by atoms with Gasteiger partial charge in [0.05, 0.1) is 11.6 Å². The summed E-state index contributed by atoms with van der Waals surface area (Å²) in [5.74, 6) is 0.569. The van der Waals surface area contributed by atoms with Gasteiger partial charge < -0.3 is 25.7 Å². The van der Waals surface area contributed by atoms with Crippen LogP contribution in [0.1, 0.15) is 23.7 Å². The second-order valence-electron chi connectivity index (χ2n) is 4.29. The summed E-state index contributed by atoms with van der Waals surface area (Å²) in [6, 6.07) is 4.56. The van der Waals surface area contributed by atoms with Crippen LogP contribution >= 0.6 is 0 Å². The molecule has 1 amide bonds. The summed E-state index contributed by atoms with van der Waals surface area (Å²) in [6.07, 6.45) is 0.508. The van der Waals surface area contributed by atoms with E-state index in [2.05, 4.69) is 10.5 Å². The normalized spacial score (nSPS) is 15.6. The lowest BCUT2D eigenvalue weighted by Crippen LogP contribution is -2.44. The van der Waals surface area contributed by atoms with Crippen LogP contribution in [0, 0.1) is 0 Å². The molecule has 1 aliphatic rings. The van der Waals surface area contributed by atoms with Crippen molar-refractivity contribution in [1.29, 1.82) is 0 Å². The van der Waals surface area contributed by atoms with Gasteiger partial charge in [-0.05, 0) is 18.6 Å². The quantitative estimate of drug-likeness (QED) is 0.326. The number of para-hydroxylation sites is 1. The maximum atomic E-state index is 12.3. The lowest BCUT2D eigenvalue weighted by molar-refractivity contribution is 0.0934. The first-order chi connectivity index (χ1) is 9.67. The Morgan fingerprint density at radius 3 is 2.95 bits per heavy atom. The van der Waals surface area contributed by atoms with Crippen molar-refractivity contribution in [3.05, 3.63) is 23.8 Å². The van der Waals surface area contributed by atoms with E-state index in [4.69, 9.17) is 20.4 Å². The summed E-state index contributed by atoms with van der Waals surface area (Å²) in [6.45, 7) is 2.68. The molecule has 0 saturated heterocycles. The maximum Gasteiger partial charge on any atom is 0.255 e. The monoisotopic (exact) mass is 279 g/mol. The molecule has 20 heavy (non-hydrogen) atoms. The Labute approximate surface area is 116 Å². The summed E-state index contributed by atoms with van der Waals surface area (Å²) >= 11 is 0. The van der Waals surface area contributed by atoms with Crippen LogP contribution in [0.3, 0.4) is 0 Å². The molecular weight excluding hydrogens is 262 g/mol. The number of amides is 1. The van der Waals surface area contributed by atoms with Crippen molar-refractivity contribution >= 4 is 11.7 Å². The van der Waals surface area contributed by atoms with Crippen LogP contribution in [0.4, 0.5) is 0 Å². The average Bonchev–Trinajstić information content (AvgIpc) is 2.51. The number of benzene rings is 1. The molecule has 7 heteroatoms. The van der Waals surface area contributed by atoms with Crippen LogP contribution in [0.25, 0.3) is 0 Å². The molecule has 1 aliphatic heterocycles. The lowest BCUT2D eigenvalue weighted by Gasteiger charge is -2.21. The summed E-state index contributed by atoms with van der Waals surface area (Å²) < 4.78 is 10.9. The van der Waals surface area contributed by atoms with Gasteiger partial charge in [0.25, 0.3) is 5.91 Å². The topological polar surface area (TPSA) is 106 Å². The second kappa shape index (κ2) is 6.14. The molecule has 0 saturated carbocycles. The summed E-state index contributed by atoms with van der Waals surface area (Å²) in [5, 5.41) is 14.3. The second-order valence-corrected chi connectivity index (χ2v) is 4.29. The molecule has 1 heterocycles. The average molecular weight is 279 g/mol. The van der Waals surface area contributed by atoms with Gasteiger partial charge in [0.2, 0.25) is 0 Å². The van der Waals surface area contributed by atoms with Gasteiger partial charge >= 0.3 is 0 Å². The zero-order valence-electron chi connectivity index (χ0n) is 11.1. The van der Waals surface area contributed by atoms with E-state index in [0.29, 0.717) is 36.7 Å². The van der Waals surface area contributed by atoms with E-state index >= 15 is 0 Å². The van der Waals surface area contributed by atoms with Gasteiger partial charge in [-0.25, -0.2) is 0 Å². The molecule has 4 N–H and O–H groups in total. The van der Waals surface area contributed by atoms with Crippen LogP contribution < -0.4 is 20.5 Å². The van der Waals surface area contributed by atoms with Crippen molar-refractivity contribution in [2.45, 2.75) is 19.4 Å². The number of ether oxygens (including phenoxy) is 2. The number of amidine groups is 1. The number of hydrogen-bond acceptors (Lipinski definition) is 5. The van der Waals surface area contributed by atoms with Gasteiger partial charge in [0.1, 0.15) is 13.2 Å². The highest BCUT2D eigenvalue weighted by Crippen LogP contribution is 2.33. The molecule has 7 nitrogen and oxygen atoms in total. The minimum absolute atomic E-state index is 0.0391. The molecule has 108 valence electrons. The van der Waals surface area contributed by atoms with Crippen LogP contribution in [0.2, 0.25) is 0 Å². The number of carbonyl (C=O) groups is 1. The van der Waals surface area contributed by atoms with E-state index in [1.807, 2.05) is 6.92 Å². The molecule has 1 atom stereocenters. The molecule has 2 rings (SSSR count). The number of carbonyl (C=O) groups excluding carboxylic acids is 1. The van der Waals surface area contributed by atoms with Crippen molar-refractivity contribution in [2.75, 3.05) is 13.2 Å². The predicted octanol–water partition coefficient (Wildman–Crippen LogP) is 0.713. The number of hydrogen-bond donors (Lipinski definition) is 3. The first-order valence-electron chi connectivity index (χ1n) is 6.34. The van der Waals surface area contributed by atoms with Crippen molar-refractivity contribution in [3.63, 3.8) is 0 Å². The third-order valence-corrected chi connectivity index (χ3v) is 3.00. The first kappa shape index (κ1) is 14.0. The van der Waals surface area contributed by atoms with Gasteiger partial charge in [0, 0.05) is 0 Å². The number of oxime groups is 1. The Morgan fingerprint density at radius 1 is 1.50 bits per heavy atom. The Kier molecular flexibility index (Phi) is 4.29. The van der Waals surface area contributed by atoms with E-state index < -0.39 is 6.04 Å². The molecule has 0 spiro atoms. The van der Waals surface area contributed by atoms with Crippen LogP contribution in [0.5, 0.6) is 11.5 Å². The largest absolute Gasteiger partial charge is 0.486 e. The van der Waals surface area contributed by atoms with E-state index in [1.165, 1.54) is 0 Å². The SMILES string of the molecule is CCC(NC(=O)c1cccc2c1OCCO2)/C(N)=N/O. The molecule has 1 aromatic rings. The highest BCUT2D eigenvalue weighted by molar-refractivity contribution is 6.00. The minimum Gasteiger partial charge on any atom is -0.486 e. The standard InChI is InChI=1S/C13H17N3O4/c1-2-9(12(14)16-18)15-13(17)8-4-3-5-10-11(8)20-7-6-19-10/h3-5,9,18H,2,6-7H2,1H3,(H2,14,16)(H,15,17). The fourth-order valence-corrected chi connectivity index (χ4v) is 1.94. The van der Waals surface area contributed by atoms with Crippen molar-refractivity contribution in [3.8, 4) is 11.5 Å². The Bertz CT molecular complexity index is 530. The summed E-state index contributed by atoms with van der Waals surface area (Å²) in [4.78, 5) is 12.3. The molecule has 0 aliphatic carbocycles. The number of fused-ring (bicyclic) bond motifs is 1. The molecule has 0 aromatic heterocycles. The zero-order valence-corrected chi connectivity index (χ0v) is 11.1. The molecular formula is C13H17N3O4. The van der Waals surface area contributed by atoms with E-state index in [0.717, 1.165) is 0 Å². The molecule has 0 radical (unpaired) electrons. The van der Waals surface area contributed by atoms with Gasteiger partial charge in [-0.2, -0.15) is 0 Å².